The highest BCUT2D eigenvalue weighted by Crippen LogP contribution is 2.35. The molecule has 0 bridgehead atoms. The van der Waals surface area contributed by atoms with Crippen LogP contribution in [0, 0.1) is 6.92 Å². The molecule has 2 heterocycles. The second-order valence-corrected chi connectivity index (χ2v) is 10.1. The van der Waals surface area contributed by atoms with Gasteiger partial charge in [-0.15, -0.1) is 11.3 Å². The van der Waals surface area contributed by atoms with Gasteiger partial charge in [-0.25, -0.2) is 4.98 Å². The Kier molecular flexibility index (Phi) is 7.49. The molecule has 1 aromatic carbocycles. The molecule has 7 nitrogen and oxygen atoms in total. The number of hydrogen-bond donors (Lipinski definition) is 1. The standard InChI is InChI=1S/C24H27N3O4S2/c1-15-9-11-16(12-10-15)27-23(30)21-17-6-3-4-7-18(17)33-22(21)26-24(27)32-14-19(28)25-13-5-8-20(29)31-2/h9-12H,3-8,13-14H2,1-2H3,(H,25,28). The van der Waals surface area contributed by atoms with Crippen LogP contribution in [0.15, 0.2) is 34.2 Å². The van der Waals surface area contributed by atoms with Gasteiger partial charge in [0.2, 0.25) is 5.91 Å². The zero-order valence-electron chi connectivity index (χ0n) is 18.8. The summed E-state index contributed by atoms with van der Waals surface area (Å²) in [4.78, 5) is 44.1. The molecule has 0 atom stereocenters. The molecule has 0 fully saturated rings. The van der Waals surface area contributed by atoms with Crippen molar-refractivity contribution in [1.29, 1.82) is 0 Å². The lowest BCUT2D eigenvalue weighted by atomic mass is 9.97. The number of amides is 1. The first kappa shape index (κ1) is 23.5. The van der Waals surface area contributed by atoms with Crippen LogP contribution in [0.4, 0.5) is 0 Å². The lowest BCUT2D eigenvalue weighted by Gasteiger charge is -2.14. The molecule has 4 rings (SSSR count). The first-order valence-corrected chi connectivity index (χ1v) is 12.9. The van der Waals surface area contributed by atoms with Gasteiger partial charge in [0.25, 0.3) is 5.56 Å². The number of esters is 1. The van der Waals surface area contributed by atoms with Crippen molar-refractivity contribution in [2.75, 3.05) is 19.4 Å². The van der Waals surface area contributed by atoms with Gasteiger partial charge in [-0.1, -0.05) is 29.5 Å². The molecule has 0 aliphatic heterocycles. The normalized spacial score (nSPS) is 13.0. The average Bonchev–Trinajstić information content (AvgIpc) is 3.20. The van der Waals surface area contributed by atoms with Crippen molar-refractivity contribution in [1.82, 2.24) is 14.9 Å². The third-order valence-corrected chi connectivity index (χ3v) is 7.81. The minimum absolute atomic E-state index is 0.0655. The highest BCUT2D eigenvalue weighted by molar-refractivity contribution is 7.99. The molecule has 0 saturated heterocycles. The summed E-state index contributed by atoms with van der Waals surface area (Å²) in [5.74, 6) is -0.329. The van der Waals surface area contributed by atoms with Crippen LogP contribution in [-0.4, -0.2) is 40.8 Å². The molecule has 2 aromatic heterocycles. The molecule has 3 aromatic rings. The Morgan fingerprint density at radius 2 is 1.97 bits per heavy atom. The molecule has 174 valence electrons. The summed E-state index contributed by atoms with van der Waals surface area (Å²) in [5.41, 5.74) is 2.94. The van der Waals surface area contributed by atoms with Gasteiger partial charge >= 0.3 is 5.97 Å². The predicted molar refractivity (Wildman–Crippen MR) is 132 cm³/mol. The van der Waals surface area contributed by atoms with E-state index < -0.39 is 0 Å². The average molecular weight is 486 g/mol. The van der Waals surface area contributed by atoms with Crippen LogP contribution in [0.1, 0.15) is 41.7 Å². The monoisotopic (exact) mass is 485 g/mol. The smallest absolute Gasteiger partial charge is 0.305 e. The van der Waals surface area contributed by atoms with Gasteiger partial charge in [-0.05, 0) is 56.7 Å². The Morgan fingerprint density at radius 3 is 2.73 bits per heavy atom. The fourth-order valence-corrected chi connectivity index (χ4v) is 6.09. The van der Waals surface area contributed by atoms with Crippen molar-refractivity contribution in [3.05, 3.63) is 50.6 Å². The molecule has 1 aliphatic carbocycles. The topological polar surface area (TPSA) is 90.3 Å². The van der Waals surface area contributed by atoms with E-state index in [0.29, 0.717) is 18.1 Å². The molecule has 0 spiro atoms. The maximum Gasteiger partial charge on any atom is 0.305 e. The molecule has 9 heteroatoms. The first-order valence-electron chi connectivity index (χ1n) is 11.1. The number of benzene rings is 1. The van der Waals surface area contributed by atoms with Gasteiger partial charge in [0.05, 0.1) is 23.9 Å². The van der Waals surface area contributed by atoms with E-state index in [4.69, 9.17) is 4.98 Å². The van der Waals surface area contributed by atoms with Gasteiger partial charge in [0, 0.05) is 17.8 Å². The van der Waals surface area contributed by atoms with Crippen molar-refractivity contribution in [3.63, 3.8) is 0 Å². The molecule has 0 unspecified atom stereocenters. The zero-order chi connectivity index (χ0) is 23.4. The van der Waals surface area contributed by atoms with Crippen molar-refractivity contribution in [3.8, 4) is 5.69 Å². The number of thioether (sulfide) groups is 1. The van der Waals surface area contributed by atoms with E-state index in [9.17, 15) is 14.4 Å². The molecule has 33 heavy (non-hydrogen) atoms. The number of aryl methyl sites for hydroxylation is 3. The third kappa shape index (κ3) is 5.30. The van der Waals surface area contributed by atoms with Gasteiger partial charge in [-0.2, -0.15) is 0 Å². The number of aromatic nitrogens is 2. The van der Waals surface area contributed by atoms with E-state index in [1.165, 1.54) is 23.7 Å². The van der Waals surface area contributed by atoms with Gasteiger partial charge in [-0.3, -0.25) is 19.0 Å². The molecule has 1 amide bonds. The number of ether oxygens (including phenoxy) is 1. The fraction of sp³-hybridized carbons (Fsp3) is 0.417. The predicted octanol–water partition coefficient (Wildman–Crippen LogP) is 3.80. The number of hydrogen-bond acceptors (Lipinski definition) is 7. The number of carbonyl (C=O) groups excluding carboxylic acids is 2. The molecule has 1 N–H and O–H groups in total. The number of thiophene rings is 1. The number of methoxy groups -OCH3 is 1. The minimum Gasteiger partial charge on any atom is -0.469 e. The Hall–Kier alpha value is -2.65. The number of nitrogens with zero attached hydrogens (tertiary/aromatic N) is 2. The number of fused-ring (bicyclic) bond motifs is 3. The Bertz CT molecular complexity index is 1230. The van der Waals surface area contributed by atoms with Crippen LogP contribution >= 0.6 is 23.1 Å². The van der Waals surface area contributed by atoms with Crippen molar-refractivity contribution < 1.29 is 14.3 Å². The molecule has 0 radical (unpaired) electrons. The van der Waals surface area contributed by atoms with E-state index >= 15 is 0 Å². The van der Waals surface area contributed by atoms with E-state index in [-0.39, 0.29) is 29.6 Å². The molecule has 0 saturated carbocycles. The quantitative estimate of drug-likeness (QED) is 0.226. The Balaban J connectivity index is 1.60. The molecular weight excluding hydrogens is 458 g/mol. The summed E-state index contributed by atoms with van der Waals surface area (Å²) in [6, 6.07) is 7.77. The Labute approximate surface area is 200 Å². The number of rotatable bonds is 8. The van der Waals surface area contributed by atoms with E-state index in [1.54, 1.807) is 15.9 Å². The van der Waals surface area contributed by atoms with Crippen molar-refractivity contribution in [2.45, 2.75) is 50.6 Å². The van der Waals surface area contributed by atoms with Crippen molar-refractivity contribution in [2.24, 2.45) is 0 Å². The fourth-order valence-electron chi connectivity index (χ4n) is 3.95. The van der Waals surface area contributed by atoms with E-state index in [1.807, 2.05) is 31.2 Å². The summed E-state index contributed by atoms with van der Waals surface area (Å²) in [5, 5.41) is 4.05. The largest absolute Gasteiger partial charge is 0.469 e. The second kappa shape index (κ2) is 10.5. The molecule has 1 aliphatic rings. The molecular formula is C24H27N3O4S2. The van der Waals surface area contributed by atoms with Crippen LogP contribution in [-0.2, 0) is 27.2 Å². The summed E-state index contributed by atoms with van der Waals surface area (Å²) >= 11 is 2.86. The first-order chi connectivity index (χ1) is 16.0. The van der Waals surface area contributed by atoms with Gasteiger partial charge in [0.1, 0.15) is 4.83 Å². The summed E-state index contributed by atoms with van der Waals surface area (Å²) < 4.78 is 6.24. The van der Waals surface area contributed by atoms with Crippen LogP contribution < -0.4 is 10.9 Å². The van der Waals surface area contributed by atoms with E-state index in [0.717, 1.165) is 52.7 Å². The maximum absolute atomic E-state index is 13.7. The number of nitrogens with one attached hydrogen (secondary N) is 1. The lowest BCUT2D eigenvalue weighted by Crippen LogP contribution is -2.27. The highest BCUT2D eigenvalue weighted by atomic mass is 32.2. The van der Waals surface area contributed by atoms with Crippen molar-refractivity contribution >= 4 is 45.2 Å². The summed E-state index contributed by atoms with van der Waals surface area (Å²) in [6.07, 6.45) is 4.93. The third-order valence-electron chi connectivity index (χ3n) is 5.69. The Morgan fingerprint density at radius 1 is 1.21 bits per heavy atom. The van der Waals surface area contributed by atoms with Gasteiger partial charge in [0.15, 0.2) is 5.16 Å². The SMILES string of the molecule is COC(=O)CCCNC(=O)CSc1nc2sc3c(c2c(=O)n1-c1ccc(C)cc1)CCCC3. The highest BCUT2D eigenvalue weighted by Gasteiger charge is 2.23. The minimum atomic E-state index is -0.295. The van der Waals surface area contributed by atoms with Crippen LogP contribution in [0.3, 0.4) is 0 Å². The van der Waals surface area contributed by atoms with Gasteiger partial charge < -0.3 is 10.1 Å². The summed E-state index contributed by atoms with van der Waals surface area (Å²) in [7, 11) is 1.35. The van der Waals surface area contributed by atoms with Crippen LogP contribution in [0.25, 0.3) is 15.9 Å². The van der Waals surface area contributed by atoms with E-state index in [2.05, 4.69) is 10.1 Å². The number of carbonyl (C=O) groups is 2. The maximum atomic E-state index is 13.7. The van der Waals surface area contributed by atoms with Crippen LogP contribution in [0.2, 0.25) is 0 Å². The summed E-state index contributed by atoms with van der Waals surface area (Å²) in [6.45, 7) is 2.40. The van der Waals surface area contributed by atoms with Crippen LogP contribution in [0.5, 0.6) is 0 Å². The lowest BCUT2D eigenvalue weighted by molar-refractivity contribution is -0.140. The second-order valence-electron chi connectivity index (χ2n) is 8.08. The zero-order valence-corrected chi connectivity index (χ0v) is 20.4.